The van der Waals surface area contributed by atoms with Crippen molar-refractivity contribution in [2.75, 3.05) is 11.1 Å². The van der Waals surface area contributed by atoms with Gasteiger partial charge in [0.15, 0.2) is 0 Å². The number of carbonyl (C=O) groups excluding carboxylic acids is 1. The number of thioether (sulfide) groups is 1. The Bertz CT molecular complexity index is 638. The Hall–Kier alpha value is -1.94. The zero-order valence-electron chi connectivity index (χ0n) is 12.5. The van der Waals surface area contributed by atoms with Crippen LogP contribution in [0.5, 0.6) is 0 Å². The molecule has 0 aliphatic rings. The maximum Gasteiger partial charge on any atom is 0.237 e. The third-order valence-electron chi connectivity index (χ3n) is 3.21. The fraction of sp³-hybridized carbons (Fsp3) is 0.235. The largest absolute Gasteiger partial charge is 0.399 e. The van der Waals surface area contributed by atoms with Gasteiger partial charge in [-0.3, -0.25) is 4.79 Å². The van der Waals surface area contributed by atoms with E-state index in [1.165, 1.54) is 11.8 Å². The van der Waals surface area contributed by atoms with Crippen LogP contribution in [0.2, 0.25) is 0 Å². The van der Waals surface area contributed by atoms with Gasteiger partial charge >= 0.3 is 0 Å². The SMILES string of the molecule is Cc1ccc(C)c(NC(=O)C(C)Sc2ccc(N)cc2)c1. The lowest BCUT2D eigenvalue weighted by Gasteiger charge is -2.14. The number of benzene rings is 2. The summed E-state index contributed by atoms with van der Waals surface area (Å²) in [5, 5.41) is 2.83. The molecule has 2 aromatic rings. The van der Waals surface area contributed by atoms with Gasteiger partial charge < -0.3 is 11.1 Å². The van der Waals surface area contributed by atoms with E-state index in [-0.39, 0.29) is 11.2 Å². The van der Waals surface area contributed by atoms with Crippen LogP contribution in [0, 0.1) is 13.8 Å². The molecule has 3 N–H and O–H groups in total. The van der Waals surface area contributed by atoms with Crippen molar-refractivity contribution in [2.24, 2.45) is 0 Å². The van der Waals surface area contributed by atoms with Gasteiger partial charge in [-0.15, -0.1) is 11.8 Å². The van der Waals surface area contributed by atoms with Gasteiger partial charge in [0.2, 0.25) is 5.91 Å². The smallest absolute Gasteiger partial charge is 0.237 e. The molecule has 4 heteroatoms. The number of rotatable bonds is 4. The van der Waals surface area contributed by atoms with Crippen LogP contribution in [0.25, 0.3) is 0 Å². The number of nitrogens with two attached hydrogens (primary N) is 1. The lowest BCUT2D eigenvalue weighted by atomic mass is 10.1. The van der Waals surface area contributed by atoms with Crippen molar-refractivity contribution in [1.82, 2.24) is 0 Å². The molecule has 0 aliphatic heterocycles. The van der Waals surface area contributed by atoms with Crippen molar-refractivity contribution >= 4 is 29.0 Å². The fourth-order valence-electron chi connectivity index (χ4n) is 1.91. The zero-order valence-corrected chi connectivity index (χ0v) is 13.3. The number of amides is 1. The summed E-state index contributed by atoms with van der Waals surface area (Å²) < 4.78 is 0. The quantitative estimate of drug-likeness (QED) is 0.662. The Labute approximate surface area is 129 Å². The van der Waals surface area contributed by atoms with Gasteiger partial charge in [-0.1, -0.05) is 12.1 Å². The Morgan fingerprint density at radius 2 is 1.81 bits per heavy atom. The predicted octanol–water partition coefficient (Wildman–Crippen LogP) is 4.00. The van der Waals surface area contributed by atoms with Crippen LogP contribution in [0.15, 0.2) is 47.4 Å². The molecule has 3 nitrogen and oxygen atoms in total. The molecule has 0 aliphatic carbocycles. The topological polar surface area (TPSA) is 55.1 Å². The third-order valence-corrected chi connectivity index (χ3v) is 4.33. The van der Waals surface area contributed by atoms with Gasteiger partial charge in [-0.25, -0.2) is 0 Å². The number of carbonyl (C=O) groups is 1. The van der Waals surface area contributed by atoms with E-state index in [1.807, 2.05) is 63.2 Å². The van der Waals surface area contributed by atoms with Crippen LogP contribution >= 0.6 is 11.8 Å². The van der Waals surface area contributed by atoms with Gasteiger partial charge in [-0.2, -0.15) is 0 Å². The van der Waals surface area contributed by atoms with Gasteiger partial charge in [-0.05, 0) is 62.2 Å². The van der Waals surface area contributed by atoms with Crippen LogP contribution in [-0.2, 0) is 4.79 Å². The minimum Gasteiger partial charge on any atom is -0.399 e. The zero-order chi connectivity index (χ0) is 15.4. The van der Waals surface area contributed by atoms with Crippen molar-refractivity contribution in [3.05, 3.63) is 53.6 Å². The number of anilines is 2. The summed E-state index contributed by atoms with van der Waals surface area (Å²) in [6, 6.07) is 13.6. The monoisotopic (exact) mass is 300 g/mol. The van der Waals surface area contributed by atoms with Gasteiger partial charge in [0, 0.05) is 16.3 Å². The predicted molar refractivity (Wildman–Crippen MR) is 90.7 cm³/mol. The molecule has 0 saturated heterocycles. The fourth-order valence-corrected chi connectivity index (χ4v) is 2.78. The number of hydrogen-bond acceptors (Lipinski definition) is 3. The molecule has 0 saturated carbocycles. The van der Waals surface area contributed by atoms with Gasteiger partial charge in [0.25, 0.3) is 0 Å². The molecule has 1 amide bonds. The Balaban J connectivity index is 2.02. The van der Waals surface area contributed by atoms with Gasteiger partial charge in [0.1, 0.15) is 0 Å². The molecule has 0 heterocycles. The molecule has 110 valence electrons. The van der Waals surface area contributed by atoms with Crippen LogP contribution in [0.4, 0.5) is 11.4 Å². The normalized spacial score (nSPS) is 12.0. The van der Waals surface area contributed by atoms with E-state index in [2.05, 4.69) is 5.32 Å². The van der Waals surface area contributed by atoms with E-state index in [0.717, 1.165) is 27.4 Å². The molecule has 0 aromatic heterocycles. The maximum absolute atomic E-state index is 12.3. The van der Waals surface area contributed by atoms with E-state index < -0.39 is 0 Å². The molecular formula is C17H20N2OS. The van der Waals surface area contributed by atoms with Crippen LogP contribution in [-0.4, -0.2) is 11.2 Å². The number of nitrogens with one attached hydrogen (secondary N) is 1. The minimum absolute atomic E-state index is 0.00512. The summed E-state index contributed by atoms with van der Waals surface area (Å²) in [5.74, 6) is 0.00512. The minimum atomic E-state index is -0.173. The molecule has 0 radical (unpaired) electrons. The third kappa shape index (κ3) is 4.26. The van der Waals surface area contributed by atoms with Crippen molar-refractivity contribution < 1.29 is 4.79 Å². The molecule has 0 bridgehead atoms. The average Bonchev–Trinajstić information content (AvgIpc) is 2.45. The number of aryl methyl sites for hydroxylation is 2. The number of hydrogen-bond donors (Lipinski definition) is 2. The Kier molecular flexibility index (Phi) is 4.91. The van der Waals surface area contributed by atoms with Crippen molar-refractivity contribution in [2.45, 2.75) is 30.9 Å². The van der Waals surface area contributed by atoms with E-state index in [4.69, 9.17) is 5.73 Å². The molecular weight excluding hydrogens is 280 g/mol. The standard InChI is InChI=1S/C17H20N2OS/c1-11-4-5-12(2)16(10-11)19-17(20)13(3)21-15-8-6-14(18)7-9-15/h4-10,13H,18H2,1-3H3,(H,19,20). The summed E-state index contributed by atoms with van der Waals surface area (Å²) in [4.78, 5) is 13.3. The van der Waals surface area contributed by atoms with E-state index in [1.54, 1.807) is 0 Å². The first-order valence-corrected chi connectivity index (χ1v) is 7.74. The van der Waals surface area contributed by atoms with Crippen LogP contribution < -0.4 is 11.1 Å². The molecule has 0 spiro atoms. The molecule has 21 heavy (non-hydrogen) atoms. The van der Waals surface area contributed by atoms with Crippen LogP contribution in [0.3, 0.4) is 0 Å². The van der Waals surface area contributed by atoms with Crippen molar-refractivity contribution in [1.29, 1.82) is 0 Å². The second kappa shape index (κ2) is 6.68. The maximum atomic E-state index is 12.3. The van der Waals surface area contributed by atoms with Gasteiger partial charge in [0.05, 0.1) is 5.25 Å². The first kappa shape index (κ1) is 15.4. The highest BCUT2D eigenvalue weighted by atomic mass is 32.2. The summed E-state index contributed by atoms with van der Waals surface area (Å²) in [6.07, 6.45) is 0. The summed E-state index contributed by atoms with van der Waals surface area (Å²) in [5.41, 5.74) is 9.47. The number of nitrogen functional groups attached to an aromatic ring is 1. The first-order chi connectivity index (χ1) is 9.95. The molecule has 0 fully saturated rings. The second-order valence-corrected chi connectivity index (χ2v) is 6.55. The molecule has 2 rings (SSSR count). The highest BCUT2D eigenvalue weighted by Crippen LogP contribution is 2.25. The van der Waals surface area contributed by atoms with E-state index >= 15 is 0 Å². The van der Waals surface area contributed by atoms with Crippen molar-refractivity contribution in [3.8, 4) is 0 Å². The van der Waals surface area contributed by atoms with E-state index in [9.17, 15) is 4.79 Å². The lowest BCUT2D eigenvalue weighted by molar-refractivity contribution is -0.115. The van der Waals surface area contributed by atoms with Crippen molar-refractivity contribution in [3.63, 3.8) is 0 Å². The molecule has 1 unspecified atom stereocenters. The summed E-state index contributed by atoms with van der Waals surface area (Å²) in [7, 11) is 0. The lowest BCUT2D eigenvalue weighted by Crippen LogP contribution is -2.22. The highest BCUT2D eigenvalue weighted by molar-refractivity contribution is 8.00. The highest BCUT2D eigenvalue weighted by Gasteiger charge is 2.15. The summed E-state index contributed by atoms with van der Waals surface area (Å²) in [6.45, 7) is 5.91. The van der Waals surface area contributed by atoms with E-state index in [0.29, 0.717) is 0 Å². The summed E-state index contributed by atoms with van der Waals surface area (Å²) >= 11 is 1.52. The molecule has 1 atom stereocenters. The van der Waals surface area contributed by atoms with Crippen LogP contribution in [0.1, 0.15) is 18.1 Å². The Morgan fingerprint density at radius 3 is 2.48 bits per heavy atom. The molecule has 2 aromatic carbocycles. The Morgan fingerprint density at radius 1 is 1.14 bits per heavy atom. The average molecular weight is 300 g/mol. The second-order valence-electron chi connectivity index (χ2n) is 5.14. The first-order valence-electron chi connectivity index (χ1n) is 6.86.